The quantitative estimate of drug-likeness (QED) is 0.849. The summed E-state index contributed by atoms with van der Waals surface area (Å²) >= 11 is 5.57. The SMILES string of the molecule is Cn1cc(C(=O)Nc2cnc(Cl)cn2)cn1. The maximum Gasteiger partial charge on any atom is 0.260 e. The number of nitrogens with one attached hydrogen (secondary N) is 1. The van der Waals surface area contributed by atoms with Crippen molar-refractivity contribution < 1.29 is 4.79 Å². The van der Waals surface area contributed by atoms with Gasteiger partial charge < -0.3 is 5.32 Å². The molecule has 0 bridgehead atoms. The number of hydrogen-bond donors (Lipinski definition) is 1. The minimum Gasteiger partial charge on any atom is -0.305 e. The molecule has 0 aliphatic rings. The highest BCUT2D eigenvalue weighted by atomic mass is 35.5. The summed E-state index contributed by atoms with van der Waals surface area (Å²) in [4.78, 5) is 19.3. The Hall–Kier alpha value is -1.95. The number of rotatable bonds is 2. The molecule has 2 aromatic rings. The highest BCUT2D eigenvalue weighted by molar-refractivity contribution is 6.29. The largest absolute Gasteiger partial charge is 0.305 e. The number of hydrogen-bond acceptors (Lipinski definition) is 4. The smallest absolute Gasteiger partial charge is 0.260 e. The lowest BCUT2D eigenvalue weighted by atomic mass is 10.3. The molecule has 2 aromatic heterocycles. The van der Waals surface area contributed by atoms with E-state index in [1.165, 1.54) is 18.6 Å². The first-order chi connectivity index (χ1) is 7.65. The molecular weight excluding hydrogens is 230 g/mol. The second-order valence-electron chi connectivity index (χ2n) is 3.08. The van der Waals surface area contributed by atoms with E-state index in [4.69, 9.17) is 11.6 Å². The van der Waals surface area contributed by atoms with Gasteiger partial charge in [0.05, 0.1) is 24.2 Å². The molecule has 82 valence electrons. The average molecular weight is 238 g/mol. The molecule has 2 rings (SSSR count). The van der Waals surface area contributed by atoms with Crippen LogP contribution in [-0.4, -0.2) is 25.7 Å². The molecule has 1 N–H and O–H groups in total. The maximum absolute atomic E-state index is 11.6. The van der Waals surface area contributed by atoms with Gasteiger partial charge in [0.2, 0.25) is 0 Å². The Morgan fingerprint density at radius 3 is 2.75 bits per heavy atom. The number of aromatic nitrogens is 4. The van der Waals surface area contributed by atoms with Gasteiger partial charge in [-0.3, -0.25) is 9.48 Å². The van der Waals surface area contributed by atoms with Gasteiger partial charge in [0.15, 0.2) is 5.82 Å². The van der Waals surface area contributed by atoms with Gasteiger partial charge in [0, 0.05) is 13.2 Å². The average Bonchev–Trinajstić information content (AvgIpc) is 2.68. The summed E-state index contributed by atoms with van der Waals surface area (Å²) in [5, 5.41) is 6.74. The van der Waals surface area contributed by atoms with Gasteiger partial charge in [-0.15, -0.1) is 0 Å². The molecule has 0 atom stereocenters. The Labute approximate surface area is 96.3 Å². The van der Waals surface area contributed by atoms with Gasteiger partial charge >= 0.3 is 0 Å². The monoisotopic (exact) mass is 237 g/mol. The Balaban J connectivity index is 2.10. The number of aryl methyl sites for hydroxylation is 1. The molecule has 0 saturated heterocycles. The number of halogens is 1. The zero-order valence-corrected chi connectivity index (χ0v) is 9.14. The summed E-state index contributed by atoms with van der Waals surface area (Å²) in [6, 6.07) is 0. The van der Waals surface area contributed by atoms with Crippen molar-refractivity contribution in [3.63, 3.8) is 0 Å². The van der Waals surface area contributed by atoms with Gasteiger partial charge in [-0.05, 0) is 0 Å². The molecule has 2 heterocycles. The van der Waals surface area contributed by atoms with E-state index in [0.717, 1.165) is 0 Å². The summed E-state index contributed by atoms with van der Waals surface area (Å²) in [5.41, 5.74) is 0.458. The fourth-order valence-corrected chi connectivity index (χ4v) is 1.20. The Bertz CT molecular complexity index is 507. The molecule has 0 fully saturated rings. The van der Waals surface area contributed by atoms with E-state index in [-0.39, 0.29) is 11.1 Å². The lowest BCUT2D eigenvalue weighted by molar-refractivity contribution is 0.102. The highest BCUT2D eigenvalue weighted by Crippen LogP contribution is 2.07. The summed E-state index contributed by atoms with van der Waals surface area (Å²) in [7, 11) is 1.73. The third-order valence-corrected chi connectivity index (χ3v) is 2.02. The predicted octanol–water partition coefficient (Wildman–Crippen LogP) is 1.12. The summed E-state index contributed by atoms with van der Waals surface area (Å²) in [6.07, 6.45) is 5.83. The third kappa shape index (κ3) is 2.34. The van der Waals surface area contributed by atoms with Crippen molar-refractivity contribution in [2.24, 2.45) is 7.05 Å². The molecule has 0 spiro atoms. The first kappa shape index (κ1) is 10.6. The fraction of sp³-hybridized carbons (Fsp3) is 0.111. The van der Waals surface area contributed by atoms with Crippen molar-refractivity contribution in [2.75, 3.05) is 5.32 Å². The number of carbonyl (C=O) groups excluding carboxylic acids is 1. The van der Waals surface area contributed by atoms with Gasteiger partial charge in [0.25, 0.3) is 5.91 Å². The molecule has 0 saturated carbocycles. The lowest BCUT2D eigenvalue weighted by Gasteiger charge is -2.00. The highest BCUT2D eigenvalue weighted by Gasteiger charge is 2.08. The van der Waals surface area contributed by atoms with Crippen molar-refractivity contribution in [3.05, 3.63) is 35.5 Å². The van der Waals surface area contributed by atoms with Gasteiger partial charge in [-0.2, -0.15) is 5.10 Å². The van der Waals surface area contributed by atoms with Crippen molar-refractivity contribution in [1.82, 2.24) is 19.7 Å². The minimum absolute atomic E-state index is 0.277. The molecule has 0 aromatic carbocycles. The molecule has 0 radical (unpaired) electrons. The van der Waals surface area contributed by atoms with Crippen molar-refractivity contribution in [1.29, 1.82) is 0 Å². The van der Waals surface area contributed by atoms with Crippen molar-refractivity contribution in [2.45, 2.75) is 0 Å². The predicted molar refractivity (Wildman–Crippen MR) is 58.2 cm³/mol. The Morgan fingerprint density at radius 1 is 1.38 bits per heavy atom. The van der Waals surface area contributed by atoms with Crippen LogP contribution in [0, 0.1) is 0 Å². The van der Waals surface area contributed by atoms with E-state index in [0.29, 0.717) is 11.4 Å². The van der Waals surface area contributed by atoms with Gasteiger partial charge in [-0.1, -0.05) is 11.6 Å². The van der Waals surface area contributed by atoms with Gasteiger partial charge in [0.1, 0.15) is 5.15 Å². The molecule has 0 unspecified atom stereocenters. The van der Waals surface area contributed by atoms with E-state index in [9.17, 15) is 4.79 Å². The number of nitrogens with zero attached hydrogens (tertiary/aromatic N) is 4. The molecular formula is C9H8ClN5O. The van der Waals surface area contributed by atoms with Crippen LogP contribution in [0.15, 0.2) is 24.8 Å². The number of amides is 1. The van der Waals surface area contributed by atoms with Crippen LogP contribution >= 0.6 is 11.6 Å². The maximum atomic E-state index is 11.6. The zero-order valence-electron chi connectivity index (χ0n) is 8.38. The van der Waals surface area contributed by atoms with E-state index in [1.807, 2.05) is 0 Å². The van der Waals surface area contributed by atoms with Crippen LogP contribution in [0.2, 0.25) is 5.15 Å². The number of anilines is 1. The van der Waals surface area contributed by atoms with Crippen LogP contribution < -0.4 is 5.32 Å². The second-order valence-corrected chi connectivity index (χ2v) is 3.47. The minimum atomic E-state index is -0.287. The van der Waals surface area contributed by atoms with Gasteiger partial charge in [-0.25, -0.2) is 9.97 Å². The Morgan fingerprint density at radius 2 is 2.19 bits per heavy atom. The summed E-state index contributed by atoms with van der Waals surface area (Å²) in [5.74, 6) is 0.0583. The zero-order chi connectivity index (χ0) is 11.5. The molecule has 7 heteroatoms. The summed E-state index contributed by atoms with van der Waals surface area (Å²) in [6.45, 7) is 0. The number of carbonyl (C=O) groups is 1. The van der Waals surface area contributed by atoms with Crippen LogP contribution in [0.4, 0.5) is 5.82 Å². The standard InChI is InChI=1S/C9H8ClN5O/c1-15-5-6(2-13-15)9(16)14-8-4-11-7(10)3-12-8/h2-5H,1H3,(H,12,14,16). The fourth-order valence-electron chi connectivity index (χ4n) is 1.10. The van der Waals surface area contributed by atoms with Crippen LogP contribution in [0.1, 0.15) is 10.4 Å². The first-order valence-electron chi connectivity index (χ1n) is 4.43. The third-order valence-electron chi connectivity index (χ3n) is 1.83. The van der Waals surface area contributed by atoms with Crippen molar-refractivity contribution >= 4 is 23.3 Å². The normalized spacial score (nSPS) is 10.1. The first-order valence-corrected chi connectivity index (χ1v) is 4.80. The molecule has 0 aliphatic carbocycles. The topological polar surface area (TPSA) is 72.7 Å². The van der Waals surface area contributed by atoms with Crippen LogP contribution in [0.3, 0.4) is 0 Å². The van der Waals surface area contributed by atoms with E-state index >= 15 is 0 Å². The second kappa shape index (κ2) is 4.28. The van der Waals surface area contributed by atoms with Crippen LogP contribution in [-0.2, 0) is 7.05 Å². The van der Waals surface area contributed by atoms with Crippen molar-refractivity contribution in [3.8, 4) is 0 Å². The van der Waals surface area contributed by atoms with E-state index in [1.54, 1.807) is 17.9 Å². The molecule has 16 heavy (non-hydrogen) atoms. The molecule has 1 amide bonds. The summed E-state index contributed by atoms with van der Waals surface area (Å²) < 4.78 is 1.54. The lowest BCUT2D eigenvalue weighted by Crippen LogP contribution is -2.12. The molecule has 6 nitrogen and oxygen atoms in total. The molecule has 0 aliphatic heterocycles. The van der Waals surface area contributed by atoms with Crippen LogP contribution in [0.5, 0.6) is 0 Å². The Kier molecular flexibility index (Phi) is 2.82. The van der Waals surface area contributed by atoms with E-state index < -0.39 is 0 Å². The van der Waals surface area contributed by atoms with E-state index in [2.05, 4.69) is 20.4 Å². The van der Waals surface area contributed by atoms with Crippen LogP contribution in [0.25, 0.3) is 0 Å².